The molecule has 5 nitrogen and oxygen atoms in total. The van der Waals surface area contributed by atoms with Gasteiger partial charge in [-0.05, 0) is 25.2 Å². The molecule has 2 bridgehead atoms. The molecule has 3 aliphatic rings. The summed E-state index contributed by atoms with van der Waals surface area (Å²) in [5, 5.41) is 6.38. The Labute approximate surface area is 126 Å². The number of hydrogen-bond donors (Lipinski definition) is 2. The Hall–Kier alpha value is -1.20. The topological polar surface area (TPSA) is 61.4 Å². The molecular weight excluding hydrogens is 266 g/mol. The Morgan fingerprint density at radius 1 is 1.19 bits per heavy atom. The number of amides is 1. The van der Waals surface area contributed by atoms with Crippen LogP contribution in [0.1, 0.15) is 13.3 Å². The molecule has 2 fully saturated rings. The summed E-state index contributed by atoms with van der Waals surface area (Å²) in [5.41, 5.74) is 0. The molecule has 0 aromatic rings. The van der Waals surface area contributed by atoms with E-state index in [2.05, 4.69) is 27.7 Å². The molecule has 4 unspecified atom stereocenters. The van der Waals surface area contributed by atoms with Crippen molar-refractivity contribution in [3.8, 4) is 0 Å². The third-order valence-corrected chi connectivity index (χ3v) is 5.17. The molecule has 0 aromatic carbocycles. The van der Waals surface area contributed by atoms with Crippen LogP contribution in [-0.2, 0) is 9.59 Å². The number of nitrogens with one attached hydrogen (secondary N) is 2. The van der Waals surface area contributed by atoms with Crippen LogP contribution >= 0.6 is 0 Å². The number of carbonyl (C=O) groups is 2. The highest BCUT2D eigenvalue weighted by atomic mass is 16.2. The van der Waals surface area contributed by atoms with Gasteiger partial charge in [-0.1, -0.05) is 12.2 Å². The highest BCUT2D eigenvalue weighted by Crippen LogP contribution is 2.48. The van der Waals surface area contributed by atoms with Crippen LogP contribution in [-0.4, -0.2) is 55.9 Å². The van der Waals surface area contributed by atoms with Crippen LogP contribution in [0.25, 0.3) is 0 Å². The first kappa shape index (κ1) is 14.7. The lowest BCUT2D eigenvalue weighted by molar-refractivity contribution is -0.133. The van der Waals surface area contributed by atoms with Crippen LogP contribution in [0.4, 0.5) is 0 Å². The van der Waals surface area contributed by atoms with E-state index in [-0.39, 0.29) is 35.4 Å². The Bertz CT molecular complexity index is 443. The summed E-state index contributed by atoms with van der Waals surface area (Å²) in [7, 11) is 0. The molecule has 1 heterocycles. The van der Waals surface area contributed by atoms with E-state index in [4.69, 9.17) is 0 Å². The largest absolute Gasteiger partial charge is 0.355 e. The lowest BCUT2D eigenvalue weighted by Crippen LogP contribution is -2.47. The highest BCUT2D eigenvalue weighted by Gasteiger charge is 2.49. The van der Waals surface area contributed by atoms with E-state index in [9.17, 15) is 9.59 Å². The molecule has 0 aromatic heterocycles. The van der Waals surface area contributed by atoms with Gasteiger partial charge in [0.1, 0.15) is 5.78 Å². The SMILES string of the molecule is CC(=O)C1C2C=CC(C2)C1C(=O)NCCN1CCNCC1. The average molecular weight is 291 g/mol. The standard InChI is InChI=1S/C16H25N3O2/c1-11(20)14-12-2-3-13(10-12)15(14)16(21)18-6-9-19-7-4-17-5-8-19/h2-3,12-15,17H,4-10H2,1H3,(H,18,21). The van der Waals surface area contributed by atoms with Gasteiger partial charge in [0.25, 0.3) is 0 Å². The molecule has 1 amide bonds. The zero-order valence-electron chi connectivity index (χ0n) is 12.7. The molecule has 3 rings (SSSR count). The number of carbonyl (C=O) groups excluding carboxylic acids is 2. The number of ketones is 1. The van der Waals surface area contributed by atoms with Crippen molar-refractivity contribution in [1.29, 1.82) is 0 Å². The third kappa shape index (κ3) is 3.04. The minimum absolute atomic E-state index is 0.0715. The molecule has 0 radical (unpaired) electrons. The first-order chi connectivity index (χ1) is 10.2. The molecule has 0 spiro atoms. The maximum absolute atomic E-state index is 12.5. The number of piperazine rings is 1. The van der Waals surface area contributed by atoms with Crippen molar-refractivity contribution >= 4 is 11.7 Å². The van der Waals surface area contributed by atoms with E-state index in [1.54, 1.807) is 6.92 Å². The van der Waals surface area contributed by atoms with Crippen LogP contribution in [0.2, 0.25) is 0 Å². The third-order valence-electron chi connectivity index (χ3n) is 5.17. The van der Waals surface area contributed by atoms with E-state index in [1.807, 2.05) is 0 Å². The fourth-order valence-electron chi connectivity index (χ4n) is 4.12. The summed E-state index contributed by atoms with van der Waals surface area (Å²) in [6.07, 6.45) is 5.23. The molecule has 5 heteroatoms. The summed E-state index contributed by atoms with van der Waals surface area (Å²) < 4.78 is 0. The zero-order chi connectivity index (χ0) is 14.8. The van der Waals surface area contributed by atoms with Gasteiger partial charge in [-0.2, -0.15) is 0 Å². The van der Waals surface area contributed by atoms with Crippen LogP contribution in [0, 0.1) is 23.7 Å². The quantitative estimate of drug-likeness (QED) is 0.702. The predicted molar refractivity (Wildman–Crippen MR) is 80.7 cm³/mol. The summed E-state index contributed by atoms with van der Waals surface area (Å²) in [6, 6.07) is 0. The molecule has 2 N–H and O–H groups in total. The van der Waals surface area contributed by atoms with E-state index in [0.29, 0.717) is 6.54 Å². The zero-order valence-corrected chi connectivity index (χ0v) is 12.7. The smallest absolute Gasteiger partial charge is 0.224 e. The van der Waals surface area contributed by atoms with Gasteiger partial charge in [0.05, 0.1) is 5.92 Å². The molecular formula is C16H25N3O2. The van der Waals surface area contributed by atoms with Crippen molar-refractivity contribution in [3.63, 3.8) is 0 Å². The van der Waals surface area contributed by atoms with Crippen LogP contribution in [0.15, 0.2) is 12.2 Å². The summed E-state index contributed by atoms with van der Waals surface area (Å²) >= 11 is 0. The van der Waals surface area contributed by atoms with Crippen molar-refractivity contribution in [2.24, 2.45) is 23.7 Å². The Morgan fingerprint density at radius 2 is 1.86 bits per heavy atom. The van der Waals surface area contributed by atoms with Gasteiger partial charge >= 0.3 is 0 Å². The first-order valence-corrected chi connectivity index (χ1v) is 8.06. The highest BCUT2D eigenvalue weighted by molar-refractivity contribution is 5.89. The Balaban J connectivity index is 1.50. The van der Waals surface area contributed by atoms with Crippen molar-refractivity contribution in [2.75, 3.05) is 39.3 Å². The van der Waals surface area contributed by atoms with Crippen LogP contribution < -0.4 is 10.6 Å². The normalized spacial score (nSPS) is 35.1. The minimum atomic E-state index is -0.138. The second-order valence-corrected chi connectivity index (χ2v) is 6.49. The second kappa shape index (κ2) is 6.28. The number of allylic oxidation sites excluding steroid dienone is 2. The minimum Gasteiger partial charge on any atom is -0.355 e. The van der Waals surface area contributed by atoms with E-state index in [1.165, 1.54) is 0 Å². The van der Waals surface area contributed by atoms with Crippen LogP contribution in [0.5, 0.6) is 0 Å². The van der Waals surface area contributed by atoms with Gasteiger partial charge in [-0.3, -0.25) is 14.5 Å². The summed E-state index contributed by atoms with van der Waals surface area (Å²) in [5.74, 6) is 0.551. The summed E-state index contributed by atoms with van der Waals surface area (Å²) in [4.78, 5) is 26.7. The maximum atomic E-state index is 12.5. The van der Waals surface area contributed by atoms with Gasteiger partial charge in [-0.15, -0.1) is 0 Å². The molecule has 1 saturated carbocycles. The molecule has 1 saturated heterocycles. The fraction of sp³-hybridized carbons (Fsp3) is 0.750. The van der Waals surface area contributed by atoms with E-state index in [0.717, 1.165) is 39.1 Å². The van der Waals surface area contributed by atoms with Crippen molar-refractivity contribution < 1.29 is 9.59 Å². The molecule has 4 atom stereocenters. The van der Waals surface area contributed by atoms with E-state index >= 15 is 0 Å². The molecule has 1 aliphatic heterocycles. The van der Waals surface area contributed by atoms with Gasteiger partial charge in [0.15, 0.2) is 0 Å². The van der Waals surface area contributed by atoms with Crippen molar-refractivity contribution in [3.05, 3.63) is 12.2 Å². The lowest BCUT2D eigenvalue weighted by Gasteiger charge is -2.28. The molecule has 21 heavy (non-hydrogen) atoms. The lowest BCUT2D eigenvalue weighted by atomic mass is 9.80. The van der Waals surface area contributed by atoms with Crippen molar-refractivity contribution in [2.45, 2.75) is 13.3 Å². The molecule has 2 aliphatic carbocycles. The van der Waals surface area contributed by atoms with Gasteiger partial charge in [0.2, 0.25) is 5.91 Å². The van der Waals surface area contributed by atoms with Gasteiger partial charge in [0, 0.05) is 45.2 Å². The van der Waals surface area contributed by atoms with Gasteiger partial charge in [-0.25, -0.2) is 0 Å². The monoisotopic (exact) mass is 291 g/mol. The van der Waals surface area contributed by atoms with E-state index < -0.39 is 0 Å². The van der Waals surface area contributed by atoms with Crippen molar-refractivity contribution in [1.82, 2.24) is 15.5 Å². The Morgan fingerprint density at radius 3 is 2.52 bits per heavy atom. The number of rotatable bonds is 5. The number of nitrogens with zero attached hydrogens (tertiary/aromatic N) is 1. The summed E-state index contributed by atoms with van der Waals surface area (Å²) in [6.45, 7) is 7.34. The maximum Gasteiger partial charge on any atom is 0.224 e. The average Bonchev–Trinajstić information content (AvgIpc) is 3.08. The van der Waals surface area contributed by atoms with Crippen LogP contribution in [0.3, 0.4) is 0 Å². The first-order valence-electron chi connectivity index (χ1n) is 8.06. The molecule has 116 valence electrons. The predicted octanol–water partition coefficient (Wildman–Crippen LogP) is 0.0351. The number of Topliss-reactive ketones (excluding diaryl/α,β-unsaturated/α-hetero) is 1. The number of fused-ring (bicyclic) bond motifs is 2. The second-order valence-electron chi connectivity index (χ2n) is 6.49. The van der Waals surface area contributed by atoms with Gasteiger partial charge < -0.3 is 10.6 Å². The fourth-order valence-corrected chi connectivity index (χ4v) is 4.12. The number of hydrogen-bond acceptors (Lipinski definition) is 4. The Kier molecular flexibility index (Phi) is 4.40.